The molecular weight excluding hydrogens is 530 g/mol. The lowest BCUT2D eigenvalue weighted by Crippen LogP contribution is -2.45. The van der Waals surface area contributed by atoms with Crippen molar-refractivity contribution >= 4 is 53.3 Å². The summed E-state index contributed by atoms with van der Waals surface area (Å²) in [4.78, 5) is 4.45. The van der Waals surface area contributed by atoms with Crippen molar-refractivity contribution < 1.29 is 0 Å². The summed E-state index contributed by atoms with van der Waals surface area (Å²) in [6.45, 7) is 6.96. The number of nitriles is 2. The second-order valence-corrected chi connectivity index (χ2v) is 11.8. The summed E-state index contributed by atoms with van der Waals surface area (Å²) in [5.74, 6) is 0. The molecular formula is C28H27BCl2N8. The number of nitrogens with one attached hydrogen (secondary N) is 4. The molecule has 0 saturated heterocycles. The molecule has 2 heterocycles. The third kappa shape index (κ3) is 5.31. The van der Waals surface area contributed by atoms with Crippen LogP contribution in [0.5, 0.6) is 0 Å². The fourth-order valence-corrected chi connectivity index (χ4v) is 5.05. The number of hydrogen-bond acceptors (Lipinski definition) is 8. The SMILES string of the molecule is [B]C(Nc1cc(Cl)c2ncc(C#N)c(NCC(C)(C)C)c2c1)(C1=CN(C2CC2)NN1)c1cccc(C#N)c1Cl. The van der Waals surface area contributed by atoms with Crippen molar-refractivity contribution in [2.75, 3.05) is 17.2 Å². The Balaban J connectivity index is 1.64. The van der Waals surface area contributed by atoms with Gasteiger partial charge in [0.2, 0.25) is 0 Å². The number of anilines is 2. The number of pyridine rings is 1. The maximum absolute atomic E-state index is 9.81. The molecule has 1 unspecified atom stereocenters. The number of fused-ring (bicyclic) bond motifs is 1. The Morgan fingerprint density at radius 1 is 1.15 bits per heavy atom. The van der Waals surface area contributed by atoms with Crippen molar-refractivity contribution in [1.82, 2.24) is 21.0 Å². The molecule has 0 spiro atoms. The summed E-state index contributed by atoms with van der Waals surface area (Å²) >= 11 is 13.4. The van der Waals surface area contributed by atoms with Crippen molar-refractivity contribution in [2.45, 2.75) is 45.1 Å². The van der Waals surface area contributed by atoms with Crippen molar-refractivity contribution in [1.29, 1.82) is 10.5 Å². The Morgan fingerprint density at radius 3 is 2.56 bits per heavy atom. The standard InChI is InChI=1S/C28H27BCl2N8/c1-27(2,3)15-35-25-17(12-33)13-34-26-20(25)9-18(10-22(26)30)36-28(29,21-6-4-5-16(11-32)24(21)31)23-14-39(38-37-23)19-7-8-19/h4-6,9-10,13-14,19,36-38H,7-8,15H2,1-3H3,(H,34,35). The van der Waals surface area contributed by atoms with E-state index < -0.39 is 5.44 Å². The zero-order chi connectivity index (χ0) is 27.9. The van der Waals surface area contributed by atoms with Crippen molar-refractivity contribution in [3.63, 3.8) is 0 Å². The summed E-state index contributed by atoms with van der Waals surface area (Å²) in [5.41, 5.74) is 8.55. The van der Waals surface area contributed by atoms with Crippen LogP contribution in [-0.4, -0.2) is 30.4 Å². The molecule has 0 bridgehead atoms. The molecule has 11 heteroatoms. The van der Waals surface area contributed by atoms with Crippen LogP contribution in [0.2, 0.25) is 10.0 Å². The van der Waals surface area contributed by atoms with E-state index in [-0.39, 0.29) is 10.4 Å². The largest absolute Gasteiger partial charge is 0.383 e. The lowest BCUT2D eigenvalue weighted by molar-refractivity contribution is 0.260. The summed E-state index contributed by atoms with van der Waals surface area (Å²) in [6.07, 6.45) is 5.59. The summed E-state index contributed by atoms with van der Waals surface area (Å²) < 4.78 is 0. The van der Waals surface area contributed by atoms with Gasteiger partial charge in [0.05, 0.1) is 43.5 Å². The Kier molecular flexibility index (Phi) is 7.03. The third-order valence-corrected chi connectivity index (χ3v) is 7.37. The number of benzene rings is 2. The van der Waals surface area contributed by atoms with E-state index in [2.05, 4.69) is 59.5 Å². The topological polar surface area (TPSA) is 112 Å². The second kappa shape index (κ2) is 10.2. The minimum absolute atomic E-state index is 0.0298. The van der Waals surface area contributed by atoms with Gasteiger partial charge in [-0.3, -0.25) is 9.99 Å². The lowest BCUT2D eigenvalue weighted by atomic mass is 9.69. The van der Waals surface area contributed by atoms with E-state index in [1.807, 2.05) is 17.3 Å². The van der Waals surface area contributed by atoms with Gasteiger partial charge in [-0.25, -0.2) is 0 Å². The van der Waals surface area contributed by atoms with Crippen LogP contribution in [0, 0.1) is 28.1 Å². The van der Waals surface area contributed by atoms with Crippen molar-refractivity contribution in [3.05, 3.63) is 75.2 Å². The van der Waals surface area contributed by atoms with Crippen LogP contribution in [0.3, 0.4) is 0 Å². The molecule has 2 aromatic carbocycles. The normalized spacial score (nSPS) is 16.6. The smallest absolute Gasteiger partial charge is 0.119 e. The molecule has 1 fully saturated rings. The first-order valence-electron chi connectivity index (χ1n) is 12.6. The quantitative estimate of drug-likeness (QED) is 0.282. The van der Waals surface area contributed by atoms with Crippen LogP contribution in [0.4, 0.5) is 11.4 Å². The summed E-state index contributed by atoms with van der Waals surface area (Å²) in [6, 6.07) is 13.5. The second-order valence-electron chi connectivity index (χ2n) is 11.1. The molecule has 5 rings (SSSR count). The Bertz CT molecular complexity index is 1560. The van der Waals surface area contributed by atoms with Crippen LogP contribution in [0.25, 0.3) is 10.9 Å². The van der Waals surface area contributed by atoms with Crippen LogP contribution in [0.15, 0.2) is 48.4 Å². The zero-order valence-electron chi connectivity index (χ0n) is 21.9. The Morgan fingerprint density at radius 2 is 1.90 bits per heavy atom. The number of aromatic nitrogens is 1. The van der Waals surface area contributed by atoms with Gasteiger partial charge in [0.15, 0.2) is 0 Å². The van der Waals surface area contributed by atoms with Gasteiger partial charge in [-0.1, -0.05) is 56.1 Å². The number of halogens is 2. The third-order valence-electron chi connectivity index (χ3n) is 6.68. The van der Waals surface area contributed by atoms with Gasteiger partial charge in [-0.15, -0.1) is 5.53 Å². The fourth-order valence-electron chi connectivity index (χ4n) is 4.47. The van der Waals surface area contributed by atoms with E-state index in [0.29, 0.717) is 62.3 Å². The monoisotopic (exact) mass is 556 g/mol. The molecule has 2 radical (unpaired) electrons. The van der Waals surface area contributed by atoms with E-state index in [4.69, 9.17) is 31.0 Å². The Labute approximate surface area is 239 Å². The molecule has 1 saturated carbocycles. The molecule has 1 aliphatic carbocycles. The van der Waals surface area contributed by atoms with E-state index in [1.54, 1.807) is 24.3 Å². The van der Waals surface area contributed by atoms with Crippen molar-refractivity contribution in [2.24, 2.45) is 5.41 Å². The molecule has 1 aliphatic heterocycles. The molecule has 1 aromatic heterocycles. The number of nitrogens with zero attached hydrogens (tertiary/aromatic N) is 4. The van der Waals surface area contributed by atoms with Crippen LogP contribution in [-0.2, 0) is 5.44 Å². The van der Waals surface area contributed by atoms with Gasteiger partial charge in [-0.2, -0.15) is 10.5 Å². The maximum atomic E-state index is 9.81. The average molecular weight is 557 g/mol. The molecule has 0 amide bonds. The molecule has 39 heavy (non-hydrogen) atoms. The van der Waals surface area contributed by atoms with Gasteiger partial charge in [-0.05, 0) is 42.0 Å². The Hall–Kier alpha value is -3.63. The predicted molar refractivity (Wildman–Crippen MR) is 156 cm³/mol. The van der Waals surface area contributed by atoms with E-state index in [9.17, 15) is 10.5 Å². The first kappa shape index (κ1) is 27.0. The lowest BCUT2D eigenvalue weighted by Gasteiger charge is -2.35. The number of rotatable bonds is 7. The average Bonchev–Trinajstić information content (AvgIpc) is 3.62. The van der Waals surface area contributed by atoms with Crippen molar-refractivity contribution in [3.8, 4) is 12.1 Å². The molecule has 4 N–H and O–H groups in total. The molecule has 2 aliphatic rings. The van der Waals surface area contributed by atoms with Crippen LogP contribution < -0.4 is 21.6 Å². The molecule has 1 atom stereocenters. The minimum Gasteiger partial charge on any atom is -0.383 e. The fraction of sp³-hybridized carbons (Fsp3) is 0.321. The molecule has 8 nitrogen and oxygen atoms in total. The van der Waals surface area contributed by atoms with Gasteiger partial charge in [0.1, 0.15) is 20.0 Å². The molecule has 196 valence electrons. The van der Waals surface area contributed by atoms with Gasteiger partial charge in [0, 0.05) is 36.1 Å². The summed E-state index contributed by atoms with van der Waals surface area (Å²) in [5, 5.41) is 29.6. The molecule has 3 aromatic rings. The summed E-state index contributed by atoms with van der Waals surface area (Å²) in [7, 11) is 7.14. The van der Waals surface area contributed by atoms with Crippen LogP contribution >= 0.6 is 23.2 Å². The van der Waals surface area contributed by atoms with Gasteiger partial charge < -0.3 is 16.1 Å². The number of hydrogen-bond donors (Lipinski definition) is 4. The zero-order valence-corrected chi connectivity index (χ0v) is 23.4. The van der Waals surface area contributed by atoms with Gasteiger partial charge in [0.25, 0.3) is 0 Å². The first-order chi connectivity index (χ1) is 18.5. The predicted octanol–water partition coefficient (Wildman–Crippen LogP) is 5.50. The highest BCUT2D eigenvalue weighted by molar-refractivity contribution is 6.36. The highest BCUT2D eigenvalue weighted by Gasteiger charge is 2.39. The highest BCUT2D eigenvalue weighted by Crippen LogP contribution is 2.40. The van der Waals surface area contributed by atoms with Crippen LogP contribution in [0.1, 0.15) is 50.3 Å². The minimum atomic E-state index is -1.38. The first-order valence-corrected chi connectivity index (χ1v) is 13.3. The highest BCUT2D eigenvalue weighted by atomic mass is 35.5. The van der Waals surface area contributed by atoms with E-state index in [0.717, 1.165) is 12.8 Å². The van der Waals surface area contributed by atoms with Gasteiger partial charge >= 0.3 is 0 Å². The maximum Gasteiger partial charge on any atom is 0.119 e. The number of hydrazine groups is 2. The van der Waals surface area contributed by atoms with E-state index in [1.165, 1.54) is 6.20 Å². The van der Waals surface area contributed by atoms with E-state index >= 15 is 0 Å².